The van der Waals surface area contributed by atoms with Gasteiger partial charge in [-0.25, -0.2) is 4.79 Å². The number of ether oxygens (including phenoxy) is 1. The summed E-state index contributed by atoms with van der Waals surface area (Å²) in [5.41, 5.74) is 2.61. The van der Waals surface area contributed by atoms with E-state index < -0.39 is 29.9 Å². The Labute approximate surface area is 121 Å². The first-order valence-corrected chi connectivity index (χ1v) is 6.51. The van der Waals surface area contributed by atoms with Gasteiger partial charge in [0.1, 0.15) is 11.9 Å². The number of aliphatic hydroxyl groups is 3. The fourth-order valence-corrected chi connectivity index (χ4v) is 2.39. The Bertz CT molecular complexity index is 562. The van der Waals surface area contributed by atoms with Crippen LogP contribution in [0.4, 0.5) is 5.82 Å². The van der Waals surface area contributed by atoms with Crippen molar-refractivity contribution < 1.29 is 20.1 Å². The van der Waals surface area contributed by atoms with Gasteiger partial charge < -0.3 is 25.8 Å². The number of aliphatic hydroxyl groups excluding tert-OH is 2. The number of aromatic nitrogens is 2. The van der Waals surface area contributed by atoms with Gasteiger partial charge in [-0.15, -0.1) is 0 Å². The molecule has 4 unspecified atom stereocenters. The SMILES string of the molecule is Nc1ccn(C2OC(O)C(O)(/C=C/[131I])C2O)c(=O)n1. The zero-order chi connectivity index (χ0) is 14.2. The van der Waals surface area contributed by atoms with Gasteiger partial charge in [0.2, 0.25) is 0 Å². The Kier molecular flexibility index (Phi) is 3.92. The van der Waals surface area contributed by atoms with Crippen LogP contribution in [0.5, 0.6) is 0 Å². The van der Waals surface area contributed by atoms with Crippen molar-refractivity contribution in [2.75, 3.05) is 5.73 Å². The van der Waals surface area contributed by atoms with Crippen LogP contribution in [-0.4, -0.2) is 42.9 Å². The molecule has 2 rings (SSSR count). The zero-order valence-corrected chi connectivity index (χ0v) is 11.7. The normalized spacial score (nSPS) is 35.1. The minimum absolute atomic E-state index is 0.0247. The average Bonchev–Trinajstić information content (AvgIpc) is 2.55. The molecule has 9 heteroatoms. The molecule has 0 aliphatic carbocycles. The van der Waals surface area contributed by atoms with Gasteiger partial charge in [-0.1, -0.05) is 22.6 Å². The summed E-state index contributed by atoms with van der Waals surface area (Å²) in [6.07, 6.45) is -1.99. The van der Waals surface area contributed by atoms with Crippen molar-refractivity contribution in [3.8, 4) is 0 Å². The maximum absolute atomic E-state index is 11.6. The Morgan fingerprint density at radius 2 is 2.26 bits per heavy atom. The number of anilines is 1. The molecule has 1 aliphatic heterocycles. The van der Waals surface area contributed by atoms with Crippen LogP contribution in [0.1, 0.15) is 6.23 Å². The first-order chi connectivity index (χ1) is 8.90. The van der Waals surface area contributed by atoms with Crippen LogP contribution >= 0.6 is 22.6 Å². The van der Waals surface area contributed by atoms with Crippen molar-refractivity contribution in [3.63, 3.8) is 0 Å². The van der Waals surface area contributed by atoms with Crippen LogP contribution in [0.15, 0.2) is 27.2 Å². The Balaban J connectivity index is 2.41. The van der Waals surface area contributed by atoms with Gasteiger partial charge in [-0.3, -0.25) is 4.57 Å². The van der Waals surface area contributed by atoms with Gasteiger partial charge in [0.05, 0.1) is 0 Å². The average molecular weight is 385 g/mol. The molecular formula is C10H12IN3O5. The van der Waals surface area contributed by atoms with Gasteiger partial charge in [-0.05, 0) is 16.2 Å². The molecular weight excluding hydrogens is 373 g/mol. The molecule has 1 saturated heterocycles. The van der Waals surface area contributed by atoms with Crippen molar-refractivity contribution in [3.05, 3.63) is 32.9 Å². The molecule has 0 amide bonds. The van der Waals surface area contributed by atoms with E-state index in [0.717, 1.165) is 4.57 Å². The predicted octanol–water partition coefficient (Wildman–Crippen LogP) is -1.29. The van der Waals surface area contributed by atoms with E-state index in [-0.39, 0.29) is 5.82 Å². The smallest absolute Gasteiger partial charge is 0.351 e. The molecule has 5 N–H and O–H groups in total. The second-order valence-corrected chi connectivity index (χ2v) is 4.77. The molecule has 0 saturated carbocycles. The monoisotopic (exact) mass is 385 g/mol. The summed E-state index contributed by atoms with van der Waals surface area (Å²) in [5, 5.41) is 29.9. The highest BCUT2D eigenvalue weighted by molar-refractivity contribution is 14.1. The summed E-state index contributed by atoms with van der Waals surface area (Å²) in [6.45, 7) is 0. The third-order valence-corrected chi connectivity index (χ3v) is 3.22. The van der Waals surface area contributed by atoms with E-state index in [1.54, 1.807) is 0 Å². The third-order valence-electron chi connectivity index (χ3n) is 2.86. The number of hydrogen-bond acceptors (Lipinski definition) is 7. The molecule has 0 spiro atoms. The van der Waals surface area contributed by atoms with E-state index in [4.69, 9.17) is 10.5 Å². The van der Waals surface area contributed by atoms with E-state index in [9.17, 15) is 20.1 Å². The number of rotatable bonds is 2. The molecule has 8 nitrogen and oxygen atoms in total. The van der Waals surface area contributed by atoms with Crippen molar-refractivity contribution in [2.24, 2.45) is 0 Å². The van der Waals surface area contributed by atoms with Crippen LogP contribution in [0.2, 0.25) is 0 Å². The minimum atomic E-state index is -1.99. The fraction of sp³-hybridized carbons (Fsp3) is 0.400. The van der Waals surface area contributed by atoms with Crippen LogP contribution in [0, 0.1) is 0 Å². The fourth-order valence-electron chi connectivity index (χ4n) is 1.81. The first-order valence-electron chi connectivity index (χ1n) is 5.26. The second-order valence-electron chi connectivity index (χ2n) is 4.05. The van der Waals surface area contributed by atoms with E-state index in [0.29, 0.717) is 0 Å². The lowest BCUT2D eigenvalue weighted by Gasteiger charge is -2.24. The topological polar surface area (TPSA) is 131 Å². The Hall–Kier alpha value is -1.01. The van der Waals surface area contributed by atoms with E-state index in [1.165, 1.54) is 22.4 Å². The molecule has 1 aromatic rings. The number of nitrogens with zero attached hydrogens (tertiary/aromatic N) is 2. The van der Waals surface area contributed by atoms with Crippen molar-refractivity contribution in [1.82, 2.24) is 9.55 Å². The number of nitrogens with two attached hydrogens (primary N) is 1. The molecule has 2 heterocycles. The largest absolute Gasteiger partial charge is 0.385 e. The van der Waals surface area contributed by atoms with Gasteiger partial charge in [0, 0.05) is 6.20 Å². The molecule has 19 heavy (non-hydrogen) atoms. The highest BCUT2D eigenvalue weighted by atomic mass is 131. The summed E-state index contributed by atoms with van der Waals surface area (Å²) in [5.74, 6) is 0.0247. The number of hydrogen-bond donors (Lipinski definition) is 4. The lowest BCUT2D eigenvalue weighted by molar-refractivity contribution is -0.163. The standard InChI is InChI=1S/C10H12IN3O5/c11-3-2-10(18)6(15)7(19-8(10)16)14-4-1-5(12)13-9(14)17/h1-4,6-8,15-16,18H,(H2,12,13,17)/b3-2+/i11+4. The minimum Gasteiger partial charge on any atom is -0.385 e. The van der Waals surface area contributed by atoms with E-state index in [1.807, 2.05) is 22.6 Å². The van der Waals surface area contributed by atoms with E-state index in [2.05, 4.69) is 4.98 Å². The van der Waals surface area contributed by atoms with Crippen molar-refractivity contribution in [2.45, 2.75) is 24.2 Å². The summed E-state index contributed by atoms with van der Waals surface area (Å²) >= 11 is 1.82. The van der Waals surface area contributed by atoms with Crippen LogP contribution in [-0.2, 0) is 4.74 Å². The maximum Gasteiger partial charge on any atom is 0.351 e. The van der Waals surface area contributed by atoms with Gasteiger partial charge in [0.25, 0.3) is 0 Å². The van der Waals surface area contributed by atoms with Crippen LogP contribution in [0.3, 0.4) is 0 Å². The molecule has 1 aromatic heterocycles. The lowest BCUT2D eigenvalue weighted by atomic mass is 9.98. The molecule has 0 radical (unpaired) electrons. The molecule has 4 atom stereocenters. The summed E-state index contributed by atoms with van der Waals surface area (Å²) < 4.78 is 7.41. The third kappa shape index (κ3) is 2.39. The predicted molar refractivity (Wildman–Crippen MR) is 73.2 cm³/mol. The highest BCUT2D eigenvalue weighted by Crippen LogP contribution is 2.36. The number of nitrogen functional groups attached to an aromatic ring is 1. The van der Waals surface area contributed by atoms with Crippen LogP contribution < -0.4 is 11.4 Å². The Morgan fingerprint density at radius 1 is 1.58 bits per heavy atom. The summed E-state index contributed by atoms with van der Waals surface area (Å²) in [4.78, 5) is 15.1. The van der Waals surface area contributed by atoms with Crippen molar-refractivity contribution in [1.29, 1.82) is 0 Å². The molecule has 1 aliphatic rings. The summed E-state index contributed by atoms with van der Waals surface area (Å²) in [7, 11) is 0. The highest BCUT2D eigenvalue weighted by Gasteiger charge is 2.54. The second kappa shape index (κ2) is 5.17. The summed E-state index contributed by atoms with van der Waals surface area (Å²) in [6, 6.07) is 1.34. The van der Waals surface area contributed by atoms with Crippen molar-refractivity contribution >= 4 is 28.4 Å². The Morgan fingerprint density at radius 3 is 2.84 bits per heavy atom. The molecule has 1 fully saturated rings. The molecule has 0 aromatic carbocycles. The zero-order valence-electron chi connectivity index (χ0n) is 9.55. The maximum atomic E-state index is 11.6. The van der Waals surface area contributed by atoms with Crippen LogP contribution in [0.25, 0.3) is 0 Å². The molecule has 104 valence electrons. The van der Waals surface area contributed by atoms with E-state index >= 15 is 0 Å². The lowest BCUT2D eigenvalue weighted by Crippen LogP contribution is -2.46. The van der Waals surface area contributed by atoms with Gasteiger partial charge in [0.15, 0.2) is 18.1 Å². The first kappa shape index (κ1) is 14.4. The van der Waals surface area contributed by atoms with Gasteiger partial charge in [-0.2, -0.15) is 4.98 Å². The number of halogens is 1. The van der Waals surface area contributed by atoms with Gasteiger partial charge >= 0.3 is 5.69 Å². The molecule has 0 bridgehead atoms. The quantitative estimate of drug-likeness (QED) is 0.466.